The van der Waals surface area contributed by atoms with E-state index >= 15 is 0 Å². The van der Waals surface area contributed by atoms with Gasteiger partial charge in [-0.25, -0.2) is 14.9 Å². The van der Waals surface area contributed by atoms with E-state index in [1.807, 2.05) is 88.4 Å². The molecule has 0 fully saturated rings. The van der Waals surface area contributed by atoms with Crippen LogP contribution >= 0.6 is 0 Å². The number of hydroxylamine groups is 2. The van der Waals surface area contributed by atoms with Crippen LogP contribution in [0.4, 0.5) is 5.69 Å². The Labute approximate surface area is 166 Å². The lowest BCUT2D eigenvalue weighted by atomic mass is 10.1. The van der Waals surface area contributed by atoms with Crippen molar-refractivity contribution in [2.75, 3.05) is 26.0 Å². The van der Waals surface area contributed by atoms with Crippen molar-refractivity contribution >= 4 is 17.4 Å². The van der Waals surface area contributed by atoms with Crippen LogP contribution in [0.5, 0.6) is 0 Å². The third-order valence-electron chi connectivity index (χ3n) is 4.79. The highest BCUT2D eigenvalue weighted by Gasteiger charge is 2.38. The summed E-state index contributed by atoms with van der Waals surface area (Å²) in [5.74, 6) is 0.648. The number of nitrogens with zero attached hydrogens (tertiary/aromatic N) is 3. The Morgan fingerprint density at radius 3 is 2.50 bits per heavy atom. The maximum absolute atomic E-state index is 12.5. The second-order valence-electron chi connectivity index (χ2n) is 7.53. The van der Waals surface area contributed by atoms with Crippen molar-refractivity contribution in [2.45, 2.75) is 32.5 Å². The van der Waals surface area contributed by atoms with E-state index in [0.29, 0.717) is 6.54 Å². The van der Waals surface area contributed by atoms with Gasteiger partial charge in [-0.15, -0.1) is 0 Å². The van der Waals surface area contributed by atoms with E-state index in [-0.39, 0.29) is 12.3 Å². The molecule has 2 aromatic rings. The zero-order valence-electron chi connectivity index (χ0n) is 17.2. The van der Waals surface area contributed by atoms with Crippen molar-refractivity contribution in [3.8, 4) is 0 Å². The van der Waals surface area contributed by atoms with Crippen LogP contribution in [-0.2, 0) is 16.2 Å². The molecule has 0 saturated heterocycles. The van der Waals surface area contributed by atoms with Crippen molar-refractivity contribution in [1.82, 2.24) is 10.4 Å². The third kappa shape index (κ3) is 4.51. The highest BCUT2D eigenvalue weighted by atomic mass is 16.7. The van der Waals surface area contributed by atoms with E-state index in [4.69, 9.17) is 9.83 Å². The molecule has 1 aliphatic heterocycles. The van der Waals surface area contributed by atoms with Gasteiger partial charge < -0.3 is 10.2 Å². The summed E-state index contributed by atoms with van der Waals surface area (Å²) in [6, 6.07) is 16.1. The van der Waals surface area contributed by atoms with Crippen LogP contribution in [0.2, 0.25) is 0 Å². The highest BCUT2D eigenvalue weighted by molar-refractivity contribution is 6.00. The van der Waals surface area contributed by atoms with Crippen molar-refractivity contribution in [3.63, 3.8) is 0 Å². The van der Waals surface area contributed by atoms with Gasteiger partial charge in [-0.2, -0.15) is 0 Å². The summed E-state index contributed by atoms with van der Waals surface area (Å²) in [6.07, 6.45) is 0.155. The number of amidine groups is 1. The number of hydrogen-bond donors (Lipinski definition) is 1. The predicted octanol–water partition coefficient (Wildman–Crippen LogP) is 3.11. The minimum atomic E-state index is -0.911. The molecule has 0 radical (unpaired) electrons. The number of anilines is 1. The van der Waals surface area contributed by atoms with Gasteiger partial charge in [0, 0.05) is 38.9 Å². The summed E-state index contributed by atoms with van der Waals surface area (Å²) < 4.78 is 0. The summed E-state index contributed by atoms with van der Waals surface area (Å²) in [5.41, 5.74) is 3.40. The molecule has 1 atom stereocenters. The van der Waals surface area contributed by atoms with Crippen molar-refractivity contribution < 1.29 is 9.63 Å². The first-order chi connectivity index (χ1) is 13.3. The van der Waals surface area contributed by atoms with Crippen molar-refractivity contribution in [3.05, 3.63) is 65.2 Å². The molecule has 0 aromatic heterocycles. The molecular weight excluding hydrogens is 352 g/mol. The molecule has 1 amide bonds. The van der Waals surface area contributed by atoms with Gasteiger partial charge in [0.1, 0.15) is 0 Å². The van der Waals surface area contributed by atoms with Gasteiger partial charge in [-0.05, 0) is 37.1 Å². The molecule has 28 heavy (non-hydrogen) atoms. The Morgan fingerprint density at radius 1 is 1.18 bits per heavy atom. The number of benzene rings is 2. The molecule has 2 aromatic carbocycles. The van der Waals surface area contributed by atoms with Crippen LogP contribution in [0.15, 0.2) is 53.5 Å². The first-order valence-corrected chi connectivity index (χ1v) is 9.39. The van der Waals surface area contributed by atoms with Crippen LogP contribution < -0.4 is 10.2 Å². The van der Waals surface area contributed by atoms with Gasteiger partial charge in [-0.3, -0.25) is 4.79 Å². The third-order valence-corrected chi connectivity index (χ3v) is 4.79. The van der Waals surface area contributed by atoms with E-state index < -0.39 is 5.72 Å². The lowest BCUT2D eigenvalue weighted by Gasteiger charge is -2.21. The second kappa shape index (κ2) is 8.02. The van der Waals surface area contributed by atoms with Gasteiger partial charge in [0.25, 0.3) is 0 Å². The van der Waals surface area contributed by atoms with Crippen molar-refractivity contribution in [2.24, 2.45) is 4.99 Å². The number of aliphatic imine (C=N–C) groups is 1. The van der Waals surface area contributed by atoms with E-state index in [2.05, 4.69) is 5.32 Å². The Kier molecular flexibility index (Phi) is 5.70. The molecule has 0 aliphatic carbocycles. The van der Waals surface area contributed by atoms with Crippen LogP contribution in [0, 0.1) is 6.92 Å². The van der Waals surface area contributed by atoms with Crippen LogP contribution in [0.1, 0.15) is 30.0 Å². The van der Waals surface area contributed by atoms with Gasteiger partial charge in [0.15, 0.2) is 11.6 Å². The average Bonchev–Trinajstić information content (AvgIpc) is 2.94. The van der Waals surface area contributed by atoms with E-state index in [9.17, 15) is 4.79 Å². The molecule has 1 heterocycles. The number of hydrogen-bond acceptors (Lipinski definition) is 5. The van der Waals surface area contributed by atoms with Gasteiger partial charge in [0.05, 0.1) is 6.42 Å². The SMILES string of the molecule is Cc1ccccc1C1=NC(C)(CC(=O)NCc2ccc(N(C)C)cc2)ON1C. The monoisotopic (exact) mass is 380 g/mol. The zero-order chi connectivity index (χ0) is 20.3. The van der Waals surface area contributed by atoms with Gasteiger partial charge in [-0.1, -0.05) is 36.4 Å². The molecule has 0 bridgehead atoms. The molecule has 3 rings (SSSR count). The summed E-state index contributed by atoms with van der Waals surface area (Å²) in [7, 11) is 5.82. The predicted molar refractivity (Wildman–Crippen MR) is 112 cm³/mol. The molecule has 148 valence electrons. The Hall–Kier alpha value is -2.86. The normalized spacial score (nSPS) is 18.8. The fourth-order valence-electron chi connectivity index (χ4n) is 3.25. The molecule has 6 heteroatoms. The first kappa shape index (κ1) is 19.9. The number of carbonyl (C=O) groups excluding carboxylic acids is 1. The standard InChI is InChI=1S/C22H28N4O2/c1-16-8-6-7-9-19(16)21-24-22(2,28-26(21)5)14-20(27)23-15-17-10-12-18(13-11-17)25(3)4/h6-13H,14-15H2,1-5H3,(H,23,27). The number of aryl methyl sites for hydroxylation is 1. The highest BCUT2D eigenvalue weighted by Crippen LogP contribution is 2.28. The topological polar surface area (TPSA) is 57.2 Å². The molecule has 1 aliphatic rings. The molecule has 0 saturated carbocycles. The van der Waals surface area contributed by atoms with E-state index in [1.165, 1.54) is 0 Å². The Morgan fingerprint density at radius 2 is 1.86 bits per heavy atom. The molecule has 1 unspecified atom stereocenters. The minimum Gasteiger partial charge on any atom is -0.378 e. The Balaban J connectivity index is 1.62. The molecule has 1 N–H and O–H groups in total. The lowest BCUT2D eigenvalue weighted by molar-refractivity contribution is -0.166. The molecular formula is C22H28N4O2. The quantitative estimate of drug-likeness (QED) is 0.837. The second-order valence-corrected chi connectivity index (χ2v) is 7.53. The zero-order valence-corrected chi connectivity index (χ0v) is 17.2. The maximum Gasteiger partial charge on any atom is 0.225 e. The number of amides is 1. The van der Waals surface area contributed by atoms with Crippen LogP contribution in [-0.4, -0.2) is 43.7 Å². The molecule has 6 nitrogen and oxygen atoms in total. The maximum atomic E-state index is 12.5. The Bertz CT molecular complexity index is 876. The average molecular weight is 380 g/mol. The summed E-state index contributed by atoms with van der Waals surface area (Å²) in [6.45, 7) is 4.35. The molecule has 0 spiro atoms. The fraction of sp³-hybridized carbons (Fsp3) is 0.364. The van der Waals surface area contributed by atoms with Gasteiger partial charge >= 0.3 is 0 Å². The van der Waals surface area contributed by atoms with Crippen LogP contribution in [0.25, 0.3) is 0 Å². The first-order valence-electron chi connectivity index (χ1n) is 9.39. The van der Waals surface area contributed by atoms with E-state index in [1.54, 1.807) is 5.06 Å². The number of nitrogens with one attached hydrogen (secondary N) is 1. The minimum absolute atomic E-state index is 0.0950. The van der Waals surface area contributed by atoms with Crippen molar-refractivity contribution in [1.29, 1.82) is 0 Å². The lowest BCUT2D eigenvalue weighted by Crippen LogP contribution is -2.35. The summed E-state index contributed by atoms with van der Waals surface area (Å²) in [5, 5.41) is 4.61. The van der Waals surface area contributed by atoms with Crippen LogP contribution in [0.3, 0.4) is 0 Å². The summed E-state index contributed by atoms with van der Waals surface area (Å²) in [4.78, 5) is 25.1. The van der Waals surface area contributed by atoms with Gasteiger partial charge in [0.2, 0.25) is 5.91 Å². The summed E-state index contributed by atoms with van der Waals surface area (Å²) >= 11 is 0. The largest absolute Gasteiger partial charge is 0.378 e. The van der Waals surface area contributed by atoms with E-state index in [0.717, 1.165) is 28.2 Å². The smallest absolute Gasteiger partial charge is 0.225 e. The number of carbonyl (C=O) groups is 1. The fourth-order valence-corrected chi connectivity index (χ4v) is 3.25. The number of rotatable bonds is 6.